The predicted octanol–water partition coefficient (Wildman–Crippen LogP) is 4.91. The molecular formula is C21H15Cl2N3O5S. The van der Waals surface area contributed by atoms with E-state index in [9.17, 15) is 23.3 Å². The summed E-state index contributed by atoms with van der Waals surface area (Å²) in [5.74, 6) is -0.389. The molecule has 1 aliphatic rings. The summed E-state index contributed by atoms with van der Waals surface area (Å²) < 4.78 is 27.8. The highest BCUT2D eigenvalue weighted by molar-refractivity contribution is 7.92. The molecule has 0 aromatic heterocycles. The van der Waals surface area contributed by atoms with Gasteiger partial charge in [0, 0.05) is 29.9 Å². The molecule has 1 aliphatic heterocycles. The summed E-state index contributed by atoms with van der Waals surface area (Å²) in [6, 6.07) is 14.4. The summed E-state index contributed by atoms with van der Waals surface area (Å²) in [5.41, 5.74) is 1.62. The van der Waals surface area contributed by atoms with Crippen LogP contribution in [0.15, 0.2) is 65.6 Å². The Labute approximate surface area is 193 Å². The van der Waals surface area contributed by atoms with Crippen LogP contribution >= 0.6 is 23.2 Å². The van der Waals surface area contributed by atoms with E-state index in [1.165, 1.54) is 47.4 Å². The van der Waals surface area contributed by atoms with Crippen molar-refractivity contribution < 1.29 is 18.1 Å². The zero-order valence-electron chi connectivity index (χ0n) is 16.3. The van der Waals surface area contributed by atoms with Gasteiger partial charge in [-0.05, 0) is 48.4 Å². The van der Waals surface area contributed by atoms with Gasteiger partial charge in [0.1, 0.15) is 0 Å². The minimum absolute atomic E-state index is 0.0793. The van der Waals surface area contributed by atoms with Crippen molar-refractivity contribution >= 4 is 56.2 Å². The number of nitro benzene ring substituents is 1. The predicted molar refractivity (Wildman–Crippen MR) is 122 cm³/mol. The second kappa shape index (κ2) is 8.42. The number of sulfonamides is 1. The molecular weight excluding hydrogens is 477 g/mol. The van der Waals surface area contributed by atoms with Crippen LogP contribution in [-0.2, 0) is 16.4 Å². The van der Waals surface area contributed by atoms with Gasteiger partial charge in [0.15, 0.2) is 0 Å². The van der Waals surface area contributed by atoms with E-state index >= 15 is 0 Å². The molecule has 0 unspecified atom stereocenters. The molecule has 3 aromatic rings. The van der Waals surface area contributed by atoms with Gasteiger partial charge in [-0.3, -0.25) is 19.6 Å². The third-order valence-corrected chi connectivity index (χ3v) is 7.10. The van der Waals surface area contributed by atoms with Crippen molar-refractivity contribution in [2.45, 2.75) is 11.3 Å². The first kappa shape index (κ1) is 22.1. The van der Waals surface area contributed by atoms with E-state index in [0.717, 1.165) is 5.56 Å². The zero-order valence-corrected chi connectivity index (χ0v) is 18.6. The van der Waals surface area contributed by atoms with Gasteiger partial charge in [0.2, 0.25) is 0 Å². The number of nitrogens with one attached hydrogen (secondary N) is 1. The van der Waals surface area contributed by atoms with Crippen LogP contribution in [0.5, 0.6) is 0 Å². The van der Waals surface area contributed by atoms with Crippen LogP contribution in [-0.4, -0.2) is 25.8 Å². The highest BCUT2D eigenvalue weighted by Gasteiger charge is 2.28. The lowest BCUT2D eigenvalue weighted by Crippen LogP contribution is -2.29. The molecule has 32 heavy (non-hydrogen) atoms. The molecule has 11 heteroatoms. The molecule has 0 saturated carbocycles. The van der Waals surface area contributed by atoms with E-state index in [0.29, 0.717) is 18.7 Å². The van der Waals surface area contributed by atoms with Gasteiger partial charge in [-0.2, -0.15) is 0 Å². The van der Waals surface area contributed by atoms with Crippen molar-refractivity contribution in [1.29, 1.82) is 0 Å². The first-order valence-electron chi connectivity index (χ1n) is 9.33. The van der Waals surface area contributed by atoms with E-state index in [1.807, 2.05) is 0 Å². The van der Waals surface area contributed by atoms with Crippen molar-refractivity contribution in [3.8, 4) is 0 Å². The third-order valence-electron chi connectivity index (χ3n) is 4.98. The summed E-state index contributed by atoms with van der Waals surface area (Å²) in [7, 11) is -3.97. The van der Waals surface area contributed by atoms with Crippen LogP contribution in [0.2, 0.25) is 10.0 Å². The van der Waals surface area contributed by atoms with Gasteiger partial charge in [0.05, 0.1) is 25.6 Å². The molecule has 0 aliphatic carbocycles. The number of halogens is 2. The quantitative estimate of drug-likeness (QED) is 0.402. The van der Waals surface area contributed by atoms with Crippen molar-refractivity contribution in [2.24, 2.45) is 0 Å². The van der Waals surface area contributed by atoms with Crippen molar-refractivity contribution in [1.82, 2.24) is 0 Å². The Bertz CT molecular complexity index is 1360. The molecule has 8 nitrogen and oxygen atoms in total. The van der Waals surface area contributed by atoms with Gasteiger partial charge in [-0.15, -0.1) is 0 Å². The van der Waals surface area contributed by atoms with Gasteiger partial charge in [0.25, 0.3) is 21.6 Å². The number of nitrogens with zero attached hydrogens (tertiary/aromatic N) is 2. The fourth-order valence-electron chi connectivity index (χ4n) is 3.42. The third kappa shape index (κ3) is 4.27. The first-order chi connectivity index (χ1) is 15.2. The lowest BCUT2D eigenvalue weighted by Gasteiger charge is -2.18. The summed E-state index contributed by atoms with van der Waals surface area (Å²) in [6.07, 6.45) is 0.572. The second-order valence-electron chi connectivity index (χ2n) is 7.04. The maximum Gasteiger partial charge on any atom is 0.271 e. The number of nitro groups is 1. The number of hydrogen-bond acceptors (Lipinski definition) is 5. The first-order valence-corrected chi connectivity index (χ1v) is 11.6. The van der Waals surface area contributed by atoms with E-state index in [-0.39, 0.29) is 37.8 Å². The van der Waals surface area contributed by atoms with Crippen molar-refractivity contribution in [3.63, 3.8) is 0 Å². The Morgan fingerprint density at radius 1 is 1.03 bits per heavy atom. The number of benzene rings is 3. The summed E-state index contributed by atoms with van der Waals surface area (Å²) in [4.78, 5) is 25.1. The molecule has 1 heterocycles. The van der Waals surface area contributed by atoms with Gasteiger partial charge in [-0.25, -0.2) is 8.42 Å². The number of fused-ring (bicyclic) bond motifs is 1. The number of rotatable bonds is 5. The minimum Gasteiger partial charge on any atom is -0.307 e. The lowest BCUT2D eigenvalue weighted by molar-refractivity contribution is -0.384. The molecule has 1 N–H and O–H groups in total. The topological polar surface area (TPSA) is 110 Å². The van der Waals surface area contributed by atoms with Gasteiger partial charge >= 0.3 is 0 Å². The van der Waals surface area contributed by atoms with Crippen LogP contribution < -0.4 is 9.62 Å². The normalized spacial score (nSPS) is 13.0. The summed E-state index contributed by atoms with van der Waals surface area (Å²) in [5, 5.41) is 11.4. The van der Waals surface area contributed by atoms with Gasteiger partial charge < -0.3 is 4.90 Å². The molecule has 0 atom stereocenters. The summed E-state index contributed by atoms with van der Waals surface area (Å²) >= 11 is 11.8. The molecule has 164 valence electrons. The lowest BCUT2D eigenvalue weighted by atomic mass is 10.1. The largest absolute Gasteiger partial charge is 0.307 e. The van der Waals surface area contributed by atoms with E-state index in [2.05, 4.69) is 4.72 Å². The average Bonchev–Trinajstić information content (AvgIpc) is 3.18. The van der Waals surface area contributed by atoms with E-state index in [1.54, 1.807) is 18.2 Å². The number of carbonyl (C=O) groups excluding carboxylic acids is 1. The fourth-order valence-corrected chi connectivity index (χ4v) is 4.86. The Morgan fingerprint density at radius 2 is 1.81 bits per heavy atom. The van der Waals surface area contributed by atoms with Crippen molar-refractivity contribution in [2.75, 3.05) is 16.2 Å². The van der Waals surface area contributed by atoms with Crippen LogP contribution in [0, 0.1) is 10.1 Å². The molecule has 0 radical (unpaired) electrons. The van der Waals surface area contributed by atoms with Crippen molar-refractivity contribution in [3.05, 3.63) is 92.0 Å². The Morgan fingerprint density at radius 3 is 2.53 bits per heavy atom. The SMILES string of the molecule is O=C(c1cccc(NS(=O)(=O)c2ccc(Cl)c(Cl)c2)c1)N1CCc2ccc([N+](=O)[O-])cc21. The number of amides is 1. The number of carbonyl (C=O) groups is 1. The van der Waals surface area contributed by atoms with E-state index in [4.69, 9.17) is 23.2 Å². The number of non-ortho nitro benzene ring substituents is 1. The molecule has 4 rings (SSSR count). The van der Waals surface area contributed by atoms with Gasteiger partial charge in [-0.1, -0.05) is 35.3 Å². The van der Waals surface area contributed by atoms with Crippen LogP contribution in [0.4, 0.5) is 17.1 Å². The minimum atomic E-state index is -3.97. The Balaban J connectivity index is 1.60. The fraction of sp³-hybridized carbons (Fsp3) is 0.0952. The molecule has 0 spiro atoms. The second-order valence-corrected chi connectivity index (χ2v) is 9.54. The van der Waals surface area contributed by atoms with Crippen LogP contribution in [0.3, 0.4) is 0 Å². The molecule has 3 aromatic carbocycles. The van der Waals surface area contributed by atoms with Crippen LogP contribution in [0.1, 0.15) is 15.9 Å². The number of hydrogen-bond donors (Lipinski definition) is 1. The Hall–Kier alpha value is -3.14. The molecule has 1 amide bonds. The highest BCUT2D eigenvalue weighted by Crippen LogP contribution is 2.33. The highest BCUT2D eigenvalue weighted by atomic mass is 35.5. The van der Waals surface area contributed by atoms with E-state index < -0.39 is 14.9 Å². The Kier molecular flexibility index (Phi) is 5.81. The number of anilines is 2. The average molecular weight is 492 g/mol. The molecule has 0 bridgehead atoms. The maximum atomic E-state index is 13.1. The summed E-state index contributed by atoms with van der Waals surface area (Å²) in [6.45, 7) is 0.370. The standard InChI is InChI=1S/C21H15Cl2N3O5S/c22-18-7-6-17(12-19(18)23)32(30,31)24-15-3-1-2-14(10-15)21(27)25-9-8-13-4-5-16(26(28)29)11-20(13)25/h1-7,10-12,24H,8-9H2. The smallest absolute Gasteiger partial charge is 0.271 e. The molecule has 0 saturated heterocycles. The zero-order chi connectivity index (χ0) is 23.0. The molecule has 0 fully saturated rings. The monoisotopic (exact) mass is 491 g/mol. The van der Waals surface area contributed by atoms with Crippen LogP contribution in [0.25, 0.3) is 0 Å². The maximum absolute atomic E-state index is 13.1.